The standard InChI is InChI=1S/C22H14/c1-3-15-11-19-7-9-21-13-17-5-2-6-18(17)14-22(21)10-8-20(19)12-16(15)4-1/h1-14H. The maximum Gasteiger partial charge on any atom is -0.0177 e. The minimum absolute atomic E-state index is 1.28. The molecular weight excluding hydrogens is 264 g/mol. The fraction of sp³-hybridized carbons (Fsp3) is 0. The molecule has 5 aromatic rings. The number of fused-ring (bicyclic) bond motifs is 4. The van der Waals surface area contributed by atoms with E-state index in [0.29, 0.717) is 0 Å². The molecule has 0 N–H and O–H groups in total. The molecule has 0 unspecified atom stereocenters. The van der Waals surface area contributed by atoms with Gasteiger partial charge in [-0.05, 0) is 67.4 Å². The highest BCUT2D eigenvalue weighted by Crippen LogP contribution is 2.26. The van der Waals surface area contributed by atoms with E-state index in [1.54, 1.807) is 0 Å². The SMILES string of the molecule is c1cc2cc3ccc4cc5cccc5cc4ccc3cc2c1. The van der Waals surface area contributed by atoms with Crippen molar-refractivity contribution in [3.05, 3.63) is 84.9 Å². The van der Waals surface area contributed by atoms with Crippen LogP contribution in [0.4, 0.5) is 0 Å². The molecule has 0 amide bonds. The fourth-order valence-corrected chi connectivity index (χ4v) is 3.36. The lowest BCUT2D eigenvalue weighted by Crippen LogP contribution is -1.73. The van der Waals surface area contributed by atoms with E-state index in [4.69, 9.17) is 0 Å². The van der Waals surface area contributed by atoms with Gasteiger partial charge in [0.05, 0.1) is 0 Å². The van der Waals surface area contributed by atoms with Gasteiger partial charge in [0.15, 0.2) is 0 Å². The van der Waals surface area contributed by atoms with Crippen molar-refractivity contribution in [2.75, 3.05) is 0 Å². The van der Waals surface area contributed by atoms with Crippen LogP contribution in [0.15, 0.2) is 84.9 Å². The molecule has 0 aliphatic carbocycles. The van der Waals surface area contributed by atoms with E-state index in [2.05, 4.69) is 84.9 Å². The van der Waals surface area contributed by atoms with Crippen LogP contribution < -0.4 is 0 Å². The molecule has 0 aromatic heterocycles. The normalized spacial score (nSPS) is 11.6. The Labute approximate surface area is 128 Å². The van der Waals surface area contributed by atoms with Crippen molar-refractivity contribution in [1.29, 1.82) is 0 Å². The van der Waals surface area contributed by atoms with E-state index in [1.807, 2.05) is 0 Å². The van der Waals surface area contributed by atoms with Crippen LogP contribution >= 0.6 is 0 Å². The van der Waals surface area contributed by atoms with Crippen molar-refractivity contribution in [2.45, 2.75) is 0 Å². The molecule has 0 aliphatic rings. The van der Waals surface area contributed by atoms with Crippen molar-refractivity contribution < 1.29 is 0 Å². The first-order chi connectivity index (χ1) is 10.9. The van der Waals surface area contributed by atoms with Crippen LogP contribution in [-0.2, 0) is 0 Å². The highest BCUT2D eigenvalue weighted by Gasteiger charge is 1.99. The Morgan fingerprint density at radius 3 is 0.773 bits per heavy atom. The highest BCUT2D eigenvalue weighted by atomic mass is 14.0. The molecular formula is C22H14. The van der Waals surface area contributed by atoms with E-state index in [0.717, 1.165) is 0 Å². The largest absolute Gasteiger partial charge is 0.0610 e. The first kappa shape index (κ1) is 11.8. The molecule has 0 atom stereocenters. The summed E-state index contributed by atoms with van der Waals surface area (Å²) in [4.78, 5) is 0. The van der Waals surface area contributed by atoms with Crippen LogP contribution in [-0.4, -0.2) is 0 Å². The smallest absolute Gasteiger partial charge is 0.0177 e. The van der Waals surface area contributed by atoms with E-state index >= 15 is 0 Å². The molecule has 5 aromatic carbocycles. The van der Waals surface area contributed by atoms with Crippen molar-refractivity contribution in [2.24, 2.45) is 0 Å². The molecule has 0 bridgehead atoms. The van der Waals surface area contributed by atoms with E-state index in [9.17, 15) is 0 Å². The summed E-state index contributed by atoms with van der Waals surface area (Å²) < 4.78 is 0. The second kappa shape index (κ2) is 4.32. The third-order valence-corrected chi connectivity index (χ3v) is 4.57. The van der Waals surface area contributed by atoms with Crippen LogP contribution in [0.25, 0.3) is 43.1 Å². The van der Waals surface area contributed by atoms with E-state index in [-0.39, 0.29) is 0 Å². The van der Waals surface area contributed by atoms with Gasteiger partial charge in [-0.15, -0.1) is 0 Å². The van der Waals surface area contributed by atoms with Gasteiger partial charge in [0.1, 0.15) is 0 Å². The molecule has 0 nitrogen and oxygen atoms in total. The average Bonchev–Trinajstić information content (AvgIpc) is 3.15. The Morgan fingerprint density at radius 1 is 0.273 bits per heavy atom. The Kier molecular flexibility index (Phi) is 2.31. The topological polar surface area (TPSA) is 0 Å². The van der Waals surface area contributed by atoms with Crippen molar-refractivity contribution in [3.63, 3.8) is 0 Å². The molecule has 0 radical (unpaired) electrons. The summed E-state index contributed by atoms with van der Waals surface area (Å²) >= 11 is 0. The molecule has 22 heavy (non-hydrogen) atoms. The van der Waals surface area contributed by atoms with Crippen LogP contribution in [0.2, 0.25) is 0 Å². The van der Waals surface area contributed by atoms with Gasteiger partial charge in [0.25, 0.3) is 0 Å². The number of benzene rings is 2. The van der Waals surface area contributed by atoms with Gasteiger partial charge in [-0.25, -0.2) is 0 Å². The molecule has 0 heteroatoms. The predicted molar refractivity (Wildman–Crippen MR) is 96.5 cm³/mol. The number of hydrogen-bond acceptors (Lipinski definition) is 0. The second-order valence-electron chi connectivity index (χ2n) is 5.94. The molecule has 5 rings (SSSR count). The van der Waals surface area contributed by atoms with Crippen LogP contribution in [0.3, 0.4) is 0 Å². The molecule has 0 aliphatic heterocycles. The maximum absolute atomic E-state index is 2.28. The average molecular weight is 278 g/mol. The van der Waals surface area contributed by atoms with Crippen LogP contribution in [0, 0.1) is 0 Å². The zero-order valence-corrected chi connectivity index (χ0v) is 12.1. The van der Waals surface area contributed by atoms with Crippen molar-refractivity contribution >= 4 is 43.1 Å². The molecule has 0 spiro atoms. The number of rotatable bonds is 0. The van der Waals surface area contributed by atoms with Crippen LogP contribution in [0.5, 0.6) is 0 Å². The van der Waals surface area contributed by atoms with Gasteiger partial charge in [-0.1, -0.05) is 60.7 Å². The summed E-state index contributed by atoms with van der Waals surface area (Å²) in [5.41, 5.74) is 0. The Hall–Kier alpha value is -2.86. The Bertz CT molecular complexity index is 982. The molecule has 0 saturated carbocycles. The number of hydrogen-bond donors (Lipinski definition) is 0. The summed E-state index contributed by atoms with van der Waals surface area (Å²) in [7, 11) is 0. The minimum atomic E-state index is 1.28. The van der Waals surface area contributed by atoms with Gasteiger partial charge >= 0.3 is 0 Å². The first-order valence-electron chi connectivity index (χ1n) is 7.62. The van der Waals surface area contributed by atoms with E-state index < -0.39 is 0 Å². The van der Waals surface area contributed by atoms with Gasteiger partial charge in [0, 0.05) is 0 Å². The first-order valence-corrected chi connectivity index (χ1v) is 7.62. The summed E-state index contributed by atoms with van der Waals surface area (Å²) in [6.45, 7) is 0. The maximum atomic E-state index is 2.28. The lowest BCUT2D eigenvalue weighted by molar-refractivity contribution is 1.85. The van der Waals surface area contributed by atoms with E-state index in [1.165, 1.54) is 43.1 Å². The third-order valence-electron chi connectivity index (χ3n) is 4.57. The third kappa shape index (κ3) is 1.71. The molecule has 0 heterocycles. The molecule has 102 valence electrons. The zero-order valence-electron chi connectivity index (χ0n) is 12.1. The van der Waals surface area contributed by atoms with Gasteiger partial charge in [0.2, 0.25) is 0 Å². The second-order valence-corrected chi connectivity index (χ2v) is 5.94. The summed E-state index contributed by atoms with van der Waals surface area (Å²) in [5.74, 6) is 0. The Morgan fingerprint density at radius 2 is 0.500 bits per heavy atom. The monoisotopic (exact) mass is 278 g/mol. The van der Waals surface area contributed by atoms with Gasteiger partial charge in [-0.2, -0.15) is 0 Å². The minimum Gasteiger partial charge on any atom is -0.0610 e. The van der Waals surface area contributed by atoms with Gasteiger partial charge in [-0.3, -0.25) is 0 Å². The predicted octanol–water partition coefficient (Wildman–Crippen LogP) is 6.30. The summed E-state index contributed by atoms with van der Waals surface area (Å²) in [6.07, 6.45) is 0. The fourth-order valence-electron chi connectivity index (χ4n) is 3.36. The highest BCUT2D eigenvalue weighted by molar-refractivity contribution is 6.02. The van der Waals surface area contributed by atoms with Crippen molar-refractivity contribution in [3.8, 4) is 0 Å². The van der Waals surface area contributed by atoms with Gasteiger partial charge < -0.3 is 0 Å². The van der Waals surface area contributed by atoms with Crippen LogP contribution in [0.1, 0.15) is 0 Å². The summed E-state index contributed by atoms with van der Waals surface area (Å²) in [6, 6.07) is 31.0. The lowest BCUT2D eigenvalue weighted by Gasteiger charge is -2.00. The molecule has 0 saturated heterocycles. The van der Waals surface area contributed by atoms with Crippen molar-refractivity contribution in [1.82, 2.24) is 0 Å². The molecule has 0 fully saturated rings. The lowest BCUT2D eigenvalue weighted by atomic mass is 10.0. The quantitative estimate of drug-likeness (QED) is 0.312. The Balaban J connectivity index is 1.92. The summed E-state index contributed by atoms with van der Waals surface area (Å²) in [5, 5.41) is 10.4. The zero-order chi connectivity index (χ0) is 14.5.